The number of amides is 2. The van der Waals surface area contributed by atoms with E-state index in [2.05, 4.69) is 15.6 Å². The number of unbranched alkanes of at least 4 members (excludes halogenated alkanes) is 2. The molecule has 6 nitrogen and oxygen atoms in total. The molecule has 7 heteroatoms. The Hall–Kier alpha value is -2.60. The minimum Gasteiger partial charge on any atom is -0.481 e. The standard InChI is InChI=1S/C18H20ClN3O3/c19-16-12-15(9-10-20-16)22-18(25)21-14-7-4-6-13(11-14)5-2-1-3-8-17(23)24/h4,6-7,9-12H,1-3,5,8H2,(H,23,24)(H2,20,21,22,25). The average molecular weight is 362 g/mol. The molecular weight excluding hydrogens is 342 g/mol. The van der Waals surface area contributed by atoms with Crippen LogP contribution in [0.15, 0.2) is 42.6 Å². The molecule has 0 aliphatic heterocycles. The number of rotatable bonds is 8. The Balaban J connectivity index is 1.82. The number of halogens is 1. The average Bonchev–Trinajstić information content (AvgIpc) is 2.54. The van der Waals surface area contributed by atoms with E-state index in [1.807, 2.05) is 24.3 Å². The van der Waals surface area contributed by atoms with E-state index >= 15 is 0 Å². The van der Waals surface area contributed by atoms with Gasteiger partial charge in [0.2, 0.25) is 0 Å². The number of carbonyl (C=O) groups is 2. The van der Waals surface area contributed by atoms with E-state index in [0.29, 0.717) is 22.9 Å². The molecule has 0 saturated carbocycles. The molecule has 0 atom stereocenters. The van der Waals surface area contributed by atoms with Gasteiger partial charge in [-0.15, -0.1) is 0 Å². The number of aromatic nitrogens is 1. The molecule has 2 amide bonds. The molecule has 25 heavy (non-hydrogen) atoms. The van der Waals surface area contributed by atoms with Gasteiger partial charge in [-0.25, -0.2) is 9.78 Å². The van der Waals surface area contributed by atoms with Crippen LogP contribution in [0.25, 0.3) is 0 Å². The number of nitrogens with one attached hydrogen (secondary N) is 2. The highest BCUT2D eigenvalue weighted by Gasteiger charge is 2.04. The first-order valence-corrected chi connectivity index (χ1v) is 8.41. The molecule has 2 rings (SSSR count). The number of urea groups is 1. The minimum atomic E-state index is -0.757. The van der Waals surface area contributed by atoms with Gasteiger partial charge < -0.3 is 15.7 Å². The van der Waals surface area contributed by atoms with E-state index in [9.17, 15) is 9.59 Å². The summed E-state index contributed by atoms with van der Waals surface area (Å²) in [6, 6.07) is 10.5. The Morgan fingerprint density at radius 2 is 1.80 bits per heavy atom. The fraction of sp³-hybridized carbons (Fsp3) is 0.278. The largest absolute Gasteiger partial charge is 0.481 e. The lowest BCUT2D eigenvalue weighted by Crippen LogP contribution is -2.19. The number of aliphatic carboxylic acids is 1. The Bertz CT molecular complexity index is 737. The molecule has 1 heterocycles. The first kappa shape index (κ1) is 18.7. The molecule has 1 aromatic heterocycles. The maximum Gasteiger partial charge on any atom is 0.323 e. The summed E-state index contributed by atoms with van der Waals surface area (Å²) in [5.74, 6) is -0.757. The highest BCUT2D eigenvalue weighted by molar-refractivity contribution is 6.29. The van der Waals surface area contributed by atoms with Crippen molar-refractivity contribution in [1.29, 1.82) is 0 Å². The SMILES string of the molecule is O=C(O)CCCCCc1cccc(NC(=O)Nc2ccnc(Cl)c2)c1. The molecule has 132 valence electrons. The van der Waals surface area contributed by atoms with Crippen molar-refractivity contribution in [2.45, 2.75) is 32.1 Å². The number of carboxylic acids is 1. The van der Waals surface area contributed by atoms with Gasteiger partial charge in [-0.2, -0.15) is 0 Å². The number of aryl methyl sites for hydroxylation is 1. The Morgan fingerprint density at radius 1 is 1.04 bits per heavy atom. The zero-order chi connectivity index (χ0) is 18.1. The van der Waals surface area contributed by atoms with Crippen molar-refractivity contribution in [1.82, 2.24) is 4.98 Å². The highest BCUT2D eigenvalue weighted by atomic mass is 35.5. The first-order valence-electron chi connectivity index (χ1n) is 8.03. The van der Waals surface area contributed by atoms with Crippen LogP contribution in [0.2, 0.25) is 5.15 Å². The fourth-order valence-corrected chi connectivity index (χ4v) is 2.53. The van der Waals surface area contributed by atoms with Crippen LogP contribution in [0.3, 0.4) is 0 Å². The molecule has 0 spiro atoms. The number of pyridine rings is 1. The van der Waals surface area contributed by atoms with E-state index in [4.69, 9.17) is 16.7 Å². The number of hydrogen-bond donors (Lipinski definition) is 3. The van der Waals surface area contributed by atoms with Crippen molar-refractivity contribution < 1.29 is 14.7 Å². The third-order valence-corrected chi connectivity index (χ3v) is 3.73. The lowest BCUT2D eigenvalue weighted by Gasteiger charge is -2.09. The first-order chi connectivity index (χ1) is 12.0. The van der Waals surface area contributed by atoms with E-state index in [-0.39, 0.29) is 12.5 Å². The molecule has 1 aromatic carbocycles. The van der Waals surface area contributed by atoms with Crippen molar-refractivity contribution in [3.8, 4) is 0 Å². The van der Waals surface area contributed by atoms with Gasteiger partial charge in [-0.05, 0) is 49.1 Å². The fourth-order valence-electron chi connectivity index (χ4n) is 2.36. The molecular formula is C18H20ClN3O3. The maximum atomic E-state index is 12.0. The third kappa shape index (κ3) is 7.22. The number of carboxylic acid groups (broad SMARTS) is 1. The van der Waals surface area contributed by atoms with Crippen molar-refractivity contribution in [2.75, 3.05) is 10.6 Å². The Morgan fingerprint density at radius 3 is 2.52 bits per heavy atom. The van der Waals surface area contributed by atoms with Crippen LogP contribution in [0, 0.1) is 0 Å². The second kappa shape index (κ2) is 9.64. The Labute approximate surface area is 151 Å². The summed E-state index contributed by atoms with van der Waals surface area (Å²) in [5, 5.41) is 14.4. The van der Waals surface area contributed by atoms with Gasteiger partial charge in [-0.3, -0.25) is 4.79 Å². The summed E-state index contributed by atoms with van der Waals surface area (Å²) in [5.41, 5.74) is 2.35. The summed E-state index contributed by atoms with van der Waals surface area (Å²) in [4.78, 5) is 26.4. The maximum absolute atomic E-state index is 12.0. The monoisotopic (exact) mass is 361 g/mol. The van der Waals surface area contributed by atoms with Crippen LogP contribution in [-0.2, 0) is 11.2 Å². The third-order valence-electron chi connectivity index (χ3n) is 3.53. The van der Waals surface area contributed by atoms with Crippen molar-refractivity contribution in [2.24, 2.45) is 0 Å². The van der Waals surface area contributed by atoms with Crippen molar-refractivity contribution in [3.05, 3.63) is 53.3 Å². The highest BCUT2D eigenvalue weighted by Crippen LogP contribution is 2.16. The van der Waals surface area contributed by atoms with Gasteiger partial charge in [0, 0.05) is 24.0 Å². The number of nitrogens with zero attached hydrogens (tertiary/aromatic N) is 1. The molecule has 0 fully saturated rings. The van der Waals surface area contributed by atoms with Gasteiger partial charge in [0.15, 0.2) is 0 Å². The summed E-state index contributed by atoms with van der Waals surface area (Å²) >= 11 is 5.78. The predicted octanol–water partition coefficient (Wildman–Crippen LogP) is 4.57. The van der Waals surface area contributed by atoms with Crippen LogP contribution in [-0.4, -0.2) is 22.1 Å². The van der Waals surface area contributed by atoms with Gasteiger partial charge in [0.25, 0.3) is 0 Å². The number of anilines is 2. The summed E-state index contributed by atoms with van der Waals surface area (Å²) < 4.78 is 0. The summed E-state index contributed by atoms with van der Waals surface area (Å²) in [6.45, 7) is 0. The van der Waals surface area contributed by atoms with E-state index in [0.717, 1.165) is 24.8 Å². The van der Waals surface area contributed by atoms with Gasteiger partial charge in [-0.1, -0.05) is 30.2 Å². The number of carbonyl (C=O) groups excluding carboxylic acids is 1. The van der Waals surface area contributed by atoms with Gasteiger partial charge >= 0.3 is 12.0 Å². The summed E-state index contributed by atoms with van der Waals surface area (Å²) in [7, 11) is 0. The molecule has 0 radical (unpaired) electrons. The van der Waals surface area contributed by atoms with Crippen LogP contribution in [0.5, 0.6) is 0 Å². The lowest BCUT2D eigenvalue weighted by atomic mass is 10.1. The smallest absolute Gasteiger partial charge is 0.323 e. The minimum absolute atomic E-state index is 0.209. The molecule has 3 N–H and O–H groups in total. The summed E-state index contributed by atoms with van der Waals surface area (Å²) in [6.07, 6.45) is 5.04. The van der Waals surface area contributed by atoms with Crippen LogP contribution in [0.1, 0.15) is 31.2 Å². The lowest BCUT2D eigenvalue weighted by molar-refractivity contribution is -0.137. The molecule has 0 unspecified atom stereocenters. The second-order valence-corrected chi connectivity index (χ2v) is 5.99. The molecule has 0 aliphatic rings. The van der Waals surface area contributed by atoms with E-state index in [1.165, 1.54) is 6.20 Å². The number of benzene rings is 1. The zero-order valence-electron chi connectivity index (χ0n) is 13.7. The van der Waals surface area contributed by atoms with Crippen molar-refractivity contribution >= 4 is 35.0 Å². The molecule has 0 aliphatic carbocycles. The van der Waals surface area contributed by atoms with Crippen LogP contribution >= 0.6 is 11.6 Å². The Kier molecular flexibility index (Phi) is 7.22. The van der Waals surface area contributed by atoms with Gasteiger partial charge in [0.1, 0.15) is 5.15 Å². The van der Waals surface area contributed by atoms with E-state index in [1.54, 1.807) is 12.1 Å². The van der Waals surface area contributed by atoms with Crippen molar-refractivity contribution in [3.63, 3.8) is 0 Å². The predicted molar refractivity (Wildman–Crippen MR) is 98.1 cm³/mol. The normalized spacial score (nSPS) is 10.3. The number of hydrogen-bond acceptors (Lipinski definition) is 3. The molecule has 0 bridgehead atoms. The second-order valence-electron chi connectivity index (χ2n) is 5.60. The zero-order valence-corrected chi connectivity index (χ0v) is 14.4. The topological polar surface area (TPSA) is 91.3 Å². The van der Waals surface area contributed by atoms with Crippen LogP contribution in [0.4, 0.5) is 16.2 Å². The molecule has 0 saturated heterocycles. The van der Waals surface area contributed by atoms with Crippen LogP contribution < -0.4 is 10.6 Å². The quantitative estimate of drug-likeness (QED) is 0.474. The van der Waals surface area contributed by atoms with Gasteiger partial charge in [0.05, 0.1) is 0 Å². The molecule has 2 aromatic rings. The van der Waals surface area contributed by atoms with E-state index < -0.39 is 5.97 Å².